The minimum atomic E-state index is -0.602. The number of benzene rings is 1. The zero-order chi connectivity index (χ0) is 12.5. The van der Waals surface area contributed by atoms with Crippen molar-refractivity contribution in [2.45, 2.75) is 13.0 Å². The van der Waals surface area contributed by atoms with Gasteiger partial charge >= 0.3 is 0 Å². The van der Waals surface area contributed by atoms with Crippen molar-refractivity contribution < 1.29 is 5.11 Å². The molecule has 0 fully saturated rings. The van der Waals surface area contributed by atoms with E-state index < -0.39 is 6.10 Å². The first-order chi connectivity index (χ1) is 8.77. The van der Waals surface area contributed by atoms with E-state index in [0.717, 1.165) is 26.8 Å². The minimum Gasteiger partial charge on any atom is -0.384 e. The molecule has 1 N–H and O–H groups in total. The Kier molecular flexibility index (Phi) is 2.86. The van der Waals surface area contributed by atoms with Gasteiger partial charge in [0.1, 0.15) is 6.10 Å². The van der Waals surface area contributed by atoms with Crippen LogP contribution in [0, 0.1) is 6.92 Å². The Bertz CT molecular complexity index is 684. The normalized spacial score (nSPS) is 12.8. The van der Waals surface area contributed by atoms with Gasteiger partial charge < -0.3 is 5.11 Å². The number of fused-ring (bicyclic) bond motifs is 1. The molecule has 1 unspecified atom stereocenters. The number of aliphatic hydroxyl groups is 1. The van der Waals surface area contributed by atoms with Crippen LogP contribution in [-0.4, -0.2) is 10.1 Å². The molecule has 1 aromatic carbocycles. The lowest BCUT2D eigenvalue weighted by molar-refractivity contribution is 0.221. The number of pyridine rings is 1. The summed E-state index contributed by atoms with van der Waals surface area (Å²) in [4.78, 5) is 5.37. The molecule has 3 rings (SSSR count). The number of rotatable bonds is 2. The lowest BCUT2D eigenvalue weighted by Gasteiger charge is -2.13. The van der Waals surface area contributed by atoms with Crippen molar-refractivity contribution in [1.82, 2.24) is 4.98 Å². The first-order valence-corrected chi connectivity index (χ1v) is 6.70. The molecular formula is C15H13NOS. The topological polar surface area (TPSA) is 33.1 Å². The highest BCUT2D eigenvalue weighted by atomic mass is 32.1. The third-order valence-corrected chi connectivity index (χ3v) is 4.05. The summed E-state index contributed by atoms with van der Waals surface area (Å²) in [6.45, 7) is 2.03. The second-order valence-corrected chi connectivity index (χ2v) is 5.40. The molecule has 1 atom stereocenters. The molecule has 3 aromatic rings. The molecule has 2 aromatic heterocycles. The van der Waals surface area contributed by atoms with Crippen molar-refractivity contribution in [3.05, 3.63) is 64.1 Å². The van der Waals surface area contributed by atoms with Crippen molar-refractivity contribution in [2.24, 2.45) is 0 Å². The van der Waals surface area contributed by atoms with Gasteiger partial charge in [0.15, 0.2) is 0 Å². The molecule has 0 spiro atoms. The number of aryl methyl sites for hydroxylation is 1. The Morgan fingerprint density at radius 3 is 2.72 bits per heavy atom. The number of aromatic nitrogens is 1. The lowest BCUT2D eigenvalue weighted by atomic mass is 9.99. The SMILES string of the molecule is Cc1sccc1C(O)c1cncc2ccccc12. The molecule has 0 radical (unpaired) electrons. The van der Waals surface area contributed by atoms with Crippen LogP contribution < -0.4 is 0 Å². The molecular weight excluding hydrogens is 242 g/mol. The van der Waals surface area contributed by atoms with Gasteiger partial charge in [-0.1, -0.05) is 24.3 Å². The van der Waals surface area contributed by atoms with Gasteiger partial charge in [0.2, 0.25) is 0 Å². The van der Waals surface area contributed by atoms with E-state index in [9.17, 15) is 5.11 Å². The molecule has 0 saturated heterocycles. The van der Waals surface area contributed by atoms with Crippen molar-refractivity contribution in [2.75, 3.05) is 0 Å². The standard InChI is InChI=1S/C15H13NOS/c1-10-12(6-7-18-10)15(17)14-9-16-8-11-4-2-3-5-13(11)14/h2-9,15,17H,1H3. The quantitative estimate of drug-likeness (QED) is 0.757. The highest BCUT2D eigenvalue weighted by Gasteiger charge is 2.16. The smallest absolute Gasteiger partial charge is 0.107 e. The summed E-state index contributed by atoms with van der Waals surface area (Å²) in [5, 5.41) is 14.7. The highest BCUT2D eigenvalue weighted by molar-refractivity contribution is 7.10. The van der Waals surface area contributed by atoms with Crippen LogP contribution in [-0.2, 0) is 0 Å². The summed E-state index contributed by atoms with van der Waals surface area (Å²) in [5.74, 6) is 0. The van der Waals surface area contributed by atoms with Crippen molar-refractivity contribution in [1.29, 1.82) is 0 Å². The first-order valence-electron chi connectivity index (χ1n) is 5.82. The molecule has 0 amide bonds. The fourth-order valence-electron chi connectivity index (χ4n) is 2.20. The first kappa shape index (κ1) is 11.4. The van der Waals surface area contributed by atoms with E-state index in [2.05, 4.69) is 4.98 Å². The lowest BCUT2D eigenvalue weighted by Crippen LogP contribution is -2.01. The summed E-state index contributed by atoms with van der Waals surface area (Å²) in [6.07, 6.45) is 2.98. The maximum absolute atomic E-state index is 10.5. The minimum absolute atomic E-state index is 0.602. The molecule has 18 heavy (non-hydrogen) atoms. The zero-order valence-electron chi connectivity index (χ0n) is 10.00. The fourth-order valence-corrected chi connectivity index (χ4v) is 2.94. The van der Waals surface area contributed by atoms with Gasteiger partial charge in [0.05, 0.1) is 0 Å². The van der Waals surface area contributed by atoms with E-state index in [0.29, 0.717) is 0 Å². The molecule has 90 valence electrons. The predicted octanol–water partition coefficient (Wildman–Crippen LogP) is 3.69. The van der Waals surface area contributed by atoms with Crippen LogP contribution in [0.25, 0.3) is 10.8 Å². The Morgan fingerprint density at radius 2 is 1.94 bits per heavy atom. The average Bonchev–Trinajstić information content (AvgIpc) is 2.83. The third kappa shape index (κ3) is 1.82. The second kappa shape index (κ2) is 4.52. The largest absolute Gasteiger partial charge is 0.384 e. The molecule has 0 aliphatic rings. The van der Waals surface area contributed by atoms with Crippen molar-refractivity contribution >= 4 is 22.1 Å². The van der Waals surface area contributed by atoms with Crippen LogP contribution in [0.2, 0.25) is 0 Å². The van der Waals surface area contributed by atoms with Gasteiger partial charge in [-0.25, -0.2) is 0 Å². The summed E-state index contributed by atoms with van der Waals surface area (Å²) in [6, 6.07) is 9.98. The van der Waals surface area contributed by atoms with Crippen LogP contribution in [0.4, 0.5) is 0 Å². The number of aliphatic hydroxyl groups excluding tert-OH is 1. The third-order valence-electron chi connectivity index (χ3n) is 3.19. The van der Waals surface area contributed by atoms with Crippen LogP contribution in [0.3, 0.4) is 0 Å². The van der Waals surface area contributed by atoms with E-state index >= 15 is 0 Å². The van der Waals surface area contributed by atoms with Crippen LogP contribution >= 0.6 is 11.3 Å². The maximum atomic E-state index is 10.5. The number of thiophene rings is 1. The summed E-state index contributed by atoms with van der Waals surface area (Å²) >= 11 is 1.65. The number of hydrogen-bond acceptors (Lipinski definition) is 3. The number of nitrogens with zero attached hydrogens (tertiary/aromatic N) is 1. The zero-order valence-corrected chi connectivity index (χ0v) is 10.8. The fraction of sp³-hybridized carbons (Fsp3) is 0.133. The van der Waals surface area contributed by atoms with Crippen LogP contribution in [0.5, 0.6) is 0 Å². The Hall–Kier alpha value is -1.71. The van der Waals surface area contributed by atoms with E-state index in [4.69, 9.17) is 0 Å². The van der Waals surface area contributed by atoms with Gasteiger partial charge in [-0.3, -0.25) is 4.98 Å². The van der Waals surface area contributed by atoms with E-state index in [1.165, 1.54) is 0 Å². The van der Waals surface area contributed by atoms with Gasteiger partial charge in [-0.15, -0.1) is 11.3 Å². The maximum Gasteiger partial charge on any atom is 0.107 e. The Morgan fingerprint density at radius 1 is 1.11 bits per heavy atom. The molecule has 0 bridgehead atoms. The molecule has 0 aliphatic carbocycles. The summed E-state index contributed by atoms with van der Waals surface area (Å²) in [5.41, 5.74) is 1.84. The average molecular weight is 255 g/mol. The summed E-state index contributed by atoms with van der Waals surface area (Å²) in [7, 11) is 0. The Balaban J connectivity index is 2.18. The molecule has 0 aliphatic heterocycles. The predicted molar refractivity (Wildman–Crippen MR) is 74.9 cm³/mol. The van der Waals surface area contributed by atoms with Crippen LogP contribution in [0.15, 0.2) is 48.1 Å². The van der Waals surface area contributed by atoms with E-state index in [1.807, 2.05) is 48.8 Å². The van der Waals surface area contributed by atoms with E-state index in [1.54, 1.807) is 17.5 Å². The molecule has 3 heteroatoms. The van der Waals surface area contributed by atoms with E-state index in [-0.39, 0.29) is 0 Å². The molecule has 2 heterocycles. The molecule has 2 nitrogen and oxygen atoms in total. The second-order valence-electron chi connectivity index (χ2n) is 4.28. The van der Waals surface area contributed by atoms with Crippen LogP contribution in [0.1, 0.15) is 22.1 Å². The Labute approximate surface area is 110 Å². The van der Waals surface area contributed by atoms with Crippen molar-refractivity contribution in [3.63, 3.8) is 0 Å². The van der Waals surface area contributed by atoms with Crippen molar-refractivity contribution in [3.8, 4) is 0 Å². The van der Waals surface area contributed by atoms with Gasteiger partial charge in [0, 0.05) is 28.2 Å². The summed E-state index contributed by atoms with van der Waals surface area (Å²) < 4.78 is 0. The monoisotopic (exact) mass is 255 g/mol. The highest BCUT2D eigenvalue weighted by Crippen LogP contribution is 2.31. The van der Waals surface area contributed by atoms with Gasteiger partial charge in [0.25, 0.3) is 0 Å². The number of hydrogen-bond donors (Lipinski definition) is 1. The molecule has 0 saturated carbocycles. The van der Waals surface area contributed by atoms with Gasteiger partial charge in [-0.2, -0.15) is 0 Å². The van der Waals surface area contributed by atoms with Gasteiger partial charge in [-0.05, 0) is 29.3 Å².